The van der Waals surface area contributed by atoms with Crippen LogP contribution < -0.4 is 15.8 Å². The largest absolute Gasteiger partial charge is 0.484 e. The maximum absolute atomic E-state index is 13.4. The zero-order chi connectivity index (χ0) is 15.4. The number of ether oxygens (including phenoxy) is 1. The number of rotatable bonds is 4. The highest BCUT2D eigenvalue weighted by molar-refractivity contribution is 5.92. The molecule has 0 atom stereocenters. The number of amides is 1. The van der Waals surface area contributed by atoms with E-state index >= 15 is 0 Å². The third-order valence-corrected chi connectivity index (χ3v) is 2.78. The Morgan fingerprint density at radius 2 is 1.95 bits per heavy atom. The first-order valence-electron chi connectivity index (χ1n) is 6.19. The Morgan fingerprint density at radius 3 is 2.67 bits per heavy atom. The molecule has 0 heterocycles. The van der Waals surface area contributed by atoms with Crippen LogP contribution >= 0.6 is 0 Å². The van der Waals surface area contributed by atoms with Crippen molar-refractivity contribution in [2.45, 2.75) is 6.92 Å². The van der Waals surface area contributed by atoms with Gasteiger partial charge >= 0.3 is 0 Å². The number of hydrogen-bond donors (Lipinski definition) is 2. The summed E-state index contributed by atoms with van der Waals surface area (Å²) < 4.78 is 31.9. The normalized spacial score (nSPS) is 10.2. The van der Waals surface area contributed by atoms with E-state index in [9.17, 15) is 13.6 Å². The summed E-state index contributed by atoms with van der Waals surface area (Å²) in [6.45, 7) is 1.26. The van der Waals surface area contributed by atoms with E-state index in [1.165, 1.54) is 18.2 Å². The molecule has 110 valence electrons. The minimum absolute atomic E-state index is 0.0290. The van der Waals surface area contributed by atoms with Gasteiger partial charge in [0.05, 0.1) is 5.69 Å². The molecule has 0 aromatic heterocycles. The van der Waals surface area contributed by atoms with E-state index in [1.54, 1.807) is 19.1 Å². The predicted octanol–water partition coefficient (Wildman–Crippen LogP) is 2.87. The molecule has 3 N–H and O–H groups in total. The van der Waals surface area contributed by atoms with E-state index in [2.05, 4.69) is 5.32 Å². The van der Waals surface area contributed by atoms with Crippen LogP contribution in [0.3, 0.4) is 0 Å². The first kappa shape index (κ1) is 14.8. The summed E-state index contributed by atoms with van der Waals surface area (Å²) in [5.41, 5.74) is 6.29. The van der Waals surface area contributed by atoms with Crippen LogP contribution in [0, 0.1) is 18.6 Å². The van der Waals surface area contributed by atoms with Crippen LogP contribution in [-0.4, -0.2) is 12.5 Å². The summed E-state index contributed by atoms with van der Waals surface area (Å²) >= 11 is 0. The lowest BCUT2D eigenvalue weighted by molar-refractivity contribution is -0.118. The summed E-state index contributed by atoms with van der Waals surface area (Å²) in [6.07, 6.45) is 0. The topological polar surface area (TPSA) is 64.3 Å². The monoisotopic (exact) mass is 292 g/mol. The van der Waals surface area contributed by atoms with Crippen LogP contribution in [-0.2, 0) is 4.79 Å². The minimum atomic E-state index is -0.598. The van der Waals surface area contributed by atoms with E-state index in [0.717, 1.165) is 6.07 Å². The molecule has 1 amide bonds. The fourth-order valence-corrected chi connectivity index (χ4v) is 1.64. The fourth-order valence-electron chi connectivity index (χ4n) is 1.64. The van der Waals surface area contributed by atoms with Crippen molar-refractivity contribution >= 4 is 17.3 Å². The number of carbonyl (C=O) groups is 1. The van der Waals surface area contributed by atoms with Gasteiger partial charge in [-0.3, -0.25) is 4.79 Å². The summed E-state index contributed by atoms with van der Waals surface area (Å²) in [5.74, 6) is -1.37. The average molecular weight is 292 g/mol. The Bertz CT molecular complexity index is 675. The lowest BCUT2D eigenvalue weighted by Gasteiger charge is -2.09. The van der Waals surface area contributed by atoms with Crippen LogP contribution in [0.25, 0.3) is 0 Å². The van der Waals surface area contributed by atoms with Crippen molar-refractivity contribution in [3.8, 4) is 5.75 Å². The fraction of sp³-hybridized carbons (Fsp3) is 0.133. The zero-order valence-electron chi connectivity index (χ0n) is 11.3. The van der Waals surface area contributed by atoms with Gasteiger partial charge in [0.2, 0.25) is 0 Å². The van der Waals surface area contributed by atoms with Gasteiger partial charge in [0.25, 0.3) is 5.91 Å². The van der Waals surface area contributed by atoms with Crippen LogP contribution in [0.2, 0.25) is 0 Å². The van der Waals surface area contributed by atoms with Crippen molar-refractivity contribution in [1.29, 1.82) is 0 Å². The second-order valence-corrected chi connectivity index (χ2v) is 4.49. The average Bonchev–Trinajstić information content (AvgIpc) is 2.44. The van der Waals surface area contributed by atoms with Crippen molar-refractivity contribution in [3.63, 3.8) is 0 Å². The summed E-state index contributed by atoms with van der Waals surface area (Å²) in [4.78, 5) is 11.7. The summed E-state index contributed by atoms with van der Waals surface area (Å²) in [5, 5.41) is 2.33. The van der Waals surface area contributed by atoms with Gasteiger partial charge in [-0.05, 0) is 36.8 Å². The quantitative estimate of drug-likeness (QED) is 0.852. The number of anilines is 2. The van der Waals surface area contributed by atoms with E-state index < -0.39 is 17.5 Å². The smallest absolute Gasteiger partial charge is 0.262 e. The van der Waals surface area contributed by atoms with Crippen molar-refractivity contribution in [2.75, 3.05) is 17.7 Å². The molecule has 6 heteroatoms. The maximum Gasteiger partial charge on any atom is 0.262 e. The zero-order valence-corrected chi connectivity index (χ0v) is 11.3. The molecule has 2 rings (SSSR count). The van der Waals surface area contributed by atoms with Crippen molar-refractivity contribution in [3.05, 3.63) is 53.6 Å². The van der Waals surface area contributed by atoms with Crippen LogP contribution in [0.15, 0.2) is 36.4 Å². The molecular formula is C15H14F2N2O2. The van der Waals surface area contributed by atoms with E-state index in [-0.39, 0.29) is 18.0 Å². The molecule has 0 unspecified atom stereocenters. The molecule has 0 saturated carbocycles. The number of nitrogen functional groups attached to an aromatic ring is 1. The molecular weight excluding hydrogens is 278 g/mol. The number of aryl methyl sites for hydroxylation is 1. The van der Waals surface area contributed by atoms with Gasteiger partial charge in [0, 0.05) is 11.8 Å². The Kier molecular flexibility index (Phi) is 4.37. The molecule has 2 aromatic rings. The van der Waals surface area contributed by atoms with E-state index in [4.69, 9.17) is 10.5 Å². The third kappa shape index (κ3) is 3.92. The highest BCUT2D eigenvalue weighted by Crippen LogP contribution is 2.18. The van der Waals surface area contributed by atoms with Gasteiger partial charge in [-0.2, -0.15) is 0 Å². The summed E-state index contributed by atoms with van der Waals surface area (Å²) in [6, 6.07) is 8.12. The lowest BCUT2D eigenvalue weighted by Crippen LogP contribution is -2.21. The molecule has 0 aliphatic carbocycles. The van der Waals surface area contributed by atoms with Crippen LogP contribution in [0.4, 0.5) is 20.2 Å². The van der Waals surface area contributed by atoms with Crippen molar-refractivity contribution < 1.29 is 18.3 Å². The standard InChI is InChI=1S/C15H14F2N2O2/c1-9-2-4-11(7-13(9)17)21-8-15(20)19-14-6-10(18)3-5-12(14)16/h2-7H,8,18H2,1H3,(H,19,20). The van der Waals surface area contributed by atoms with Gasteiger partial charge in [-0.25, -0.2) is 8.78 Å². The predicted molar refractivity (Wildman–Crippen MR) is 76.1 cm³/mol. The van der Waals surface area contributed by atoms with E-state index in [1.807, 2.05) is 0 Å². The Morgan fingerprint density at radius 1 is 1.19 bits per heavy atom. The first-order valence-corrected chi connectivity index (χ1v) is 6.19. The first-order chi connectivity index (χ1) is 9.95. The molecule has 0 radical (unpaired) electrons. The van der Waals surface area contributed by atoms with Crippen LogP contribution in [0.5, 0.6) is 5.75 Å². The lowest BCUT2D eigenvalue weighted by atomic mass is 10.2. The number of halogens is 2. The van der Waals surface area contributed by atoms with E-state index in [0.29, 0.717) is 11.3 Å². The van der Waals surface area contributed by atoms with Crippen molar-refractivity contribution in [1.82, 2.24) is 0 Å². The summed E-state index contributed by atoms with van der Waals surface area (Å²) in [7, 11) is 0. The van der Waals surface area contributed by atoms with Gasteiger partial charge in [0.15, 0.2) is 6.61 Å². The number of benzene rings is 2. The number of carbonyl (C=O) groups excluding carboxylic acids is 1. The maximum atomic E-state index is 13.4. The second-order valence-electron chi connectivity index (χ2n) is 4.49. The van der Waals surface area contributed by atoms with Crippen LogP contribution in [0.1, 0.15) is 5.56 Å². The van der Waals surface area contributed by atoms with Gasteiger partial charge in [-0.15, -0.1) is 0 Å². The SMILES string of the molecule is Cc1ccc(OCC(=O)Nc2cc(N)ccc2F)cc1F. The number of nitrogens with two attached hydrogens (primary N) is 1. The molecule has 0 saturated heterocycles. The number of hydrogen-bond acceptors (Lipinski definition) is 3. The molecule has 0 fully saturated rings. The van der Waals surface area contributed by atoms with Crippen molar-refractivity contribution in [2.24, 2.45) is 0 Å². The number of nitrogens with one attached hydrogen (secondary N) is 1. The molecule has 4 nitrogen and oxygen atoms in total. The third-order valence-electron chi connectivity index (χ3n) is 2.78. The minimum Gasteiger partial charge on any atom is -0.484 e. The Balaban J connectivity index is 1.95. The van der Waals surface area contributed by atoms with Gasteiger partial charge < -0.3 is 15.8 Å². The molecule has 0 bridgehead atoms. The molecule has 21 heavy (non-hydrogen) atoms. The molecule has 0 aliphatic heterocycles. The highest BCUT2D eigenvalue weighted by Gasteiger charge is 2.09. The second kappa shape index (κ2) is 6.21. The molecule has 2 aromatic carbocycles. The molecule has 0 aliphatic rings. The Hall–Kier alpha value is -2.63. The molecule has 0 spiro atoms. The highest BCUT2D eigenvalue weighted by atomic mass is 19.1. The van der Waals surface area contributed by atoms with Gasteiger partial charge in [-0.1, -0.05) is 6.07 Å². The van der Waals surface area contributed by atoms with Gasteiger partial charge in [0.1, 0.15) is 17.4 Å². The Labute approximate surface area is 120 Å².